The lowest BCUT2D eigenvalue weighted by atomic mass is 10.0. The summed E-state index contributed by atoms with van der Waals surface area (Å²) in [6, 6.07) is 7.43. The summed E-state index contributed by atoms with van der Waals surface area (Å²) in [5, 5.41) is 0. The monoisotopic (exact) mass is 339 g/mol. The number of carbonyl (C=O) groups excluding carboxylic acids is 1. The predicted molar refractivity (Wildman–Crippen MR) is 95.3 cm³/mol. The Kier molecular flexibility index (Phi) is 7.26. The first kappa shape index (κ1) is 19.7. The lowest BCUT2D eigenvalue weighted by Crippen LogP contribution is -2.30. The van der Waals surface area contributed by atoms with Gasteiger partial charge in [-0.05, 0) is 57.7 Å². The molecule has 0 unspecified atom stereocenters. The van der Waals surface area contributed by atoms with Crippen LogP contribution >= 0.6 is 0 Å². The molecule has 0 saturated heterocycles. The molecule has 0 aromatic heterocycles. The Hall–Kier alpha value is -1.36. The summed E-state index contributed by atoms with van der Waals surface area (Å²) in [6.45, 7) is 5.26. The molecule has 1 rings (SSSR count). The number of hydrogen-bond donors (Lipinski definition) is 1. The number of rotatable bonds is 9. The third-order valence-electron chi connectivity index (χ3n) is 4.02. The minimum absolute atomic E-state index is 0.275. The van der Waals surface area contributed by atoms with Crippen molar-refractivity contribution < 1.29 is 13.2 Å². The SMILES string of the molecule is CC(C)(C)S(=O)(=O)CCCCCCCc1cccc(C(N)=O)c1. The van der Waals surface area contributed by atoms with Crippen LogP contribution in [0.15, 0.2) is 24.3 Å². The Balaban J connectivity index is 2.22. The van der Waals surface area contributed by atoms with Gasteiger partial charge in [0.15, 0.2) is 9.84 Å². The number of nitrogens with two attached hydrogens (primary N) is 1. The highest BCUT2D eigenvalue weighted by atomic mass is 32.2. The molecule has 1 aromatic carbocycles. The summed E-state index contributed by atoms with van der Waals surface area (Å²) >= 11 is 0. The molecule has 0 spiro atoms. The Morgan fingerprint density at radius 3 is 2.26 bits per heavy atom. The van der Waals surface area contributed by atoms with Gasteiger partial charge in [-0.15, -0.1) is 0 Å². The molecular formula is C18H29NO3S. The van der Waals surface area contributed by atoms with E-state index in [0.717, 1.165) is 44.1 Å². The van der Waals surface area contributed by atoms with Crippen LogP contribution in [0.1, 0.15) is 68.8 Å². The van der Waals surface area contributed by atoms with Crippen molar-refractivity contribution in [1.82, 2.24) is 0 Å². The number of amides is 1. The number of primary amides is 1. The molecule has 23 heavy (non-hydrogen) atoms. The van der Waals surface area contributed by atoms with E-state index < -0.39 is 20.5 Å². The number of benzene rings is 1. The molecule has 4 nitrogen and oxygen atoms in total. The summed E-state index contributed by atoms with van der Waals surface area (Å²) in [5.74, 6) is -0.121. The highest BCUT2D eigenvalue weighted by molar-refractivity contribution is 7.92. The Labute approximate surface area is 140 Å². The van der Waals surface area contributed by atoms with Gasteiger partial charge in [0, 0.05) is 5.56 Å². The van der Waals surface area contributed by atoms with E-state index in [1.807, 2.05) is 18.2 Å². The number of sulfone groups is 1. The number of aryl methyl sites for hydroxylation is 1. The van der Waals surface area contributed by atoms with Crippen LogP contribution in [0.5, 0.6) is 0 Å². The maximum Gasteiger partial charge on any atom is 0.248 e. The number of unbranched alkanes of at least 4 members (excludes halogenated alkanes) is 4. The van der Waals surface area contributed by atoms with Crippen molar-refractivity contribution in [2.45, 2.75) is 64.0 Å². The van der Waals surface area contributed by atoms with E-state index >= 15 is 0 Å². The standard InChI is InChI=1S/C18H29NO3S/c1-18(2,3)23(21,22)13-8-6-4-5-7-10-15-11-9-12-16(14-15)17(19)20/h9,11-12,14H,4-8,10,13H2,1-3H3,(H2,19,20). The molecule has 0 saturated carbocycles. The quantitative estimate of drug-likeness (QED) is 0.700. The second kappa shape index (κ2) is 8.48. The third-order valence-corrected chi connectivity index (χ3v) is 6.72. The van der Waals surface area contributed by atoms with Crippen molar-refractivity contribution in [3.05, 3.63) is 35.4 Å². The van der Waals surface area contributed by atoms with Gasteiger partial charge >= 0.3 is 0 Å². The fourth-order valence-corrected chi connectivity index (χ4v) is 3.53. The van der Waals surface area contributed by atoms with Gasteiger partial charge in [-0.1, -0.05) is 31.4 Å². The van der Waals surface area contributed by atoms with Crippen molar-refractivity contribution in [1.29, 1.82) is 0 Å². The average Bonchev–Trinajstić information content (AvgIpc) is 2.45. The molecule has 0 aliphatic rings. The average molecular weight is 340 g/mol. The van der Waals surface area contributed by atoms with E-state index in [4.69, 9.17) is 5.73 Å². The number of hydrogen-bond acceptors (Lipinski definition) is 3. The molecule has 0 aliphatic heterocycles. The van der Waals surface area contributed by atoms with Crippen molar-refractivity contribution in [3.63, 3.8) is 0 Å². The lowest BCUT2D eigenvalue weighted by molar-refractivity contribution is 0.1000. The van der Waals surface area contributed by atoms with Crippen molar-refractivity contribution >= 4 is 15.7 Å². The van der Waals surface area contributed by atoms with E-state index in [9.17, 15) is 13.2 Å². The van der Waals surface area contributed by atoms with E-state index in [1.54, 1.807) is 26.8 Å². The van der Waals surface area contributed by atoms with Crippen LogP contribution in [0.25, 0.3) is 0 Å². The van der Waals surface area contributed by atoms with Crippen molar-refractivity contribution in [2.24, 2.45) is 5.73 Å². The zero-order chi connectivity index (χ0) is 17.5. The summed E-state index contributed by atoms with van der Waals surface area (Å²) in [5.41, 5.74) is 6.94. The molecule has 130 valence electrons. The molecule has 0 radical (unpaired) electrons. The van der Waals surface area contributed by atoms with E-state index in [1.165, 1.54) is 0 Å². The van der Waals surface area contributed by atoms with E-state index in [-0.39, 0.29) is 5.75 Å². The van der Waals surface area contributed by atoms with Gasteiger partial charge < -0.3 is 5.73 Å². The van der Waals surface area contributed by atoms with Gasteiger partial charge in [-0.2, -0.15) is 0 Å². The molecule has 0 bridgehead atoms. The zero-order valence-corrected chi connectivity index (χ0v) is 15.3. The van der Waals surface area contributed by atoms with Gasteiger partial charge in [0.05, 0.1) is 10.5 Å². The first-order valence-electron chi connectivity index (χ1n) is 8.24. The van der Waals surface area contributed by atoms with Crippen molar-refractivity contribution in [2.75, 3.05) is 5.75 Å². The summed E-state index contributed by atoms with van der Waals surface area (Å²) in [7, 11) is -2.99. The predicted octanol–water partition coefficient (Wildman–Crippen LogP) is 3.49. The van der Waals surface area contributed by atoms with Crippen molar-refractivity contribution in [3.8, 4) is 0 Å². The van der Waals surface area contributed by atoms with Gasteiger partial charge in [0.2, 0.25) is 5.91 Å². The molecular weight excluding hydrogens is 310 g/mol. The molecule has 1 aromatic rings. The minimum atomic E-state index is -2.99. The van der Waals surface area contributed by atoms with Gasteiger partial charge in [0.1, 0.15) is 0 Å². The molecule has 5 heteroatoms. The minimum Gasteiger partial charge on any atom is -0.366 e. The van der Waals surface area contributed by atoms with Crippen LogP contribution in [0.2, 0.25) is 0 Å². The largest absolute Gasteiger partial charge is 0.366 e. The first-order chi connectivity index (χ1) is 10.6. The second-order valence-electron chi connectivity index (χ2n) is 7.01. The third kappa shape index (κ3) is 6.73. The van der Waals surface area contributed by atoms with E-state index in [0.29, 0.717) is 5.56 Å². The molecule has 0 atom stereocenters. The fraction of sp³-hybridized carbons (Fsp3) is 0.611. The lowest BCUT2D eigenvalue weighted by Gasteiger charge is -2.18. The maximum atomic E-state index is 12.0. The van der Waals surface area contributed by atoms with Crippen LogP contribution in [0.3, 0.4) is 0 Å². The van der Waals surface area contributed by atoms with Crippen LogP contribution in [0, 0.1) is 0 Å². The second-order valence-corrected chi connectivity index (χ2v) is 9.88. The van der Waals surface area contributed by atoms with E-state index in [2.05, 4.69) is 0 Å². The fourth-order valence-electron chi connectivity index (χ4n) is 2.34. The Morgan fingerprint density at radius 2 is 1.65 bits per heavy atom. The summed E-state index contributed by atoms with van der Waals surface area (Å²) < 4.78 is 23.3. The van der Waals surface area contributed by atoms with Gasteiger partial charge in [-0.25, -0.2) is 8.42 Å². The van der Waals surface area contributed by atoms with Crippen LogP contribution in [0.4, 0.5) is 0 Å². The molecule has 1 amide bonds. The first-order valence-corrected chi connectivity index (χ1v) is 9.90. The Bertz CT molecular complexity index is 615. The van der Waals surface area contributed by atoms with Crippen LogP contribution < -0.4 is 5.73 Å². The van der Waals surface area contributed by atoms with Crippen LogP contribution in [-0.2, 0) is 16.3 Å². The highest BCUT2D eigenvalue weighted by Crippen LogP contribution is 2.18. The number of carbonyl (C=O) groups is 1. The molecule has 0 aliphatic carbocycles. The molecule has 0 fully saturated rings. The molecule has 0 heterocycles. The molecule has 2 N–H and O–H groups in total. The van der Waals surface area contributed by atoms with Gasteiger partial charge in [0.25, 0.3) is 0 Å². The van der Waals surface area contributed by atoms with Gasteiger partial charge in [-0.3, -0.25) is 4.79 Å². The maximum absolute atomic E-state index is 12.0. The summed E-state index contributed by atoms with van der Waals surface area (Å²) in [4.78, 5) is 11.1. The smallest absolute Gasteiger partial charge is 0.248 e. The van der Waals surface area contributed by atoms with Crippen LogP contribution in [-0.4, -0.2) is 24.8 Å². The highest BCUT2D eigenvalue weighted by Gasteiger charge is 2.27. The topological polar surface area (TPSA) is 77.2 Å². The zero-order valence-electron chi connectivity index (χ0n) is 14.5. The Morgan fingerprint density at radius 1 is 1.04 bits per heavy atom. The summed E-state index contributed by atoms with van der Waals surface area (Å²) in [6.07, 6.45) is 5.73. The normalized spacial score (nSPS) is 12.3.